The average Bonchev–Trinajstić information content (AvgIpc) is 2.90. The number of amides is 1. The molecule has 1 N–H and O–H groups in total. The highest BCUT2D eigenvalue weighted by Crippen LogP contribution is 2.22. The second-order valence-corrected chi connectivity index (χ2v) is 6.26. The third kappa shape index (κ3) is 3.93. The van der Waals surface area contributed by atoms with E-state index in [9.17, 15) is 4.79 Å². The lowest BCUT2D eigenvalue weighted by Gasteiger charge is -2.05. The molecule has 0 atom stereocenters. The Labute approximate surface area is 139 Å². The number of aromatic nitrogens is 2. The van der Waals surface area contributed by atoms with E-state index in [-0.39, 0.29) is 5.91 Å². The topological polar surface area (TPSA) is 46.9 Å². The van der Waals surface area contributed by atoms with Crippen molar-refractivity contribution in [1.29, 1.82) is 0 Å². The molecule has 0 aliphatic rings. The van der Waals surface area contributed by atoms with Crippen molar-refractivity contribution in [3.05, 3.63) is 60.2 Å². The Bertz CT molecular complexity index is 798. The van der Waals surface area contributed by atoms with E-state index in [1.807, 2.05) is 54.1 Å². The van der Waals surface area contributed by atoms with Gasteiger partial charge in [0.05, 0.1) is 16.8 Å². The molecule has 0 fully saturated rings. The Balaban J connectivity index is 1.49. The molecule has 0 bridgehead atoms. The minimum Gasteiger partial charge on any atom is -0.355 e. The zero-order valence-corrected chi connectivity index (χ0v) is 13.8. The second-order valence-electron chi connectivity index (χ2n) is 5.32. The van der Waals surface area contributed by atoms with Crippen molar-refractivity contribution in [1.82, 2.24) is 14.9 Å². The van der Waals surface area contributed by atoms with Crippen molar-refractivity contribution in [2.45, 2.75) is 11.6 Å². The molecular formula is C18H19N3OS. The van der Waals surface area contributed by atoms with Crippen LogP contribution in [0.5, 0.6) is 0 Å². The van der Waals surface area contributed by atoms with E-state index in [2.05, 4.69) is 22.4 Å². The summed E-state index contributed by atoms with van der Waals surface area (Å²) in [5, 5.41) is 3.82. The first-order chi connectivity index (χ1) is 11.2. The molecule has 0 radical (unpaired) electrons. The Hall–Kier alpha value is -2.27. The molecule has 23 heavy (non-hydrogen) atoms. The third-order valence-corrected chi connectivity index (χ3v) is 4.69. The van der Waals surface area contributed by atoms with Gasteiger partial charge in [-0.15, -0.1) is 0 Å². The molecule has 1 amide bonds. The number of nitrogens with one attached hydrogen (secondary N) is 1. The number of aryl methyl sites for hydroxylation is 1. The highest BCUT2D eigenvalue weighted by molar-refractivity contribution is 7.99. The summed E-state index contributed by atoms with van der Waals surface area (Å²) in [5.41, 5.74) is 3.28. The number of benzene rings is 2. The lowest BCUT2D eigenvalue weighted by Crippen LogP contribution is -2.27. The van der Waals surface area contributed by atoms with Gasteiger partial charge in [0.25, 0.3) is 0 Å². The molecule has 4 nitrogen and oxygen atoms in total. The van der Waals surface area contributed by atoms with Crippen LogP contribution in [0.2, 0.25) is 0 Å². The number of hydrogen-bond donors (Lipinski definition) is 1. The molecule has 2 aromatic carbocycles. The van der Waals surface area contributed by atoms with Crippen LogP contribution in [0.15, 0.2) is 59.8 Å². The Morgan fingerprint density at radius 3 is 2.65 bits per heavy atom. The van der Waals surface area contributed by atoms with E-state index in [1.54, 1.807) is 0 Å². The molecule has 0 spiro atoms. The van der Waals surface area contributed by atoms with Crippen LogP contribution in [-0.4, -0.2) is 27.8 Å². The fraction of sp³-hybridized carbons (Fsp3) is 0.222. The number of carbonyl (C=O) groups excluding carboxylic acids is 1. The summed E-state index contributed by atoms with van der Waals surface area (Å²) in [4.78, 5) is 16.5. The zero-order chi connectivity index (χ0) is 16.1. The molecule has 5 heteroatoms. The van der Waals surface area contributed by atoms with Crippen LogP contribution in [0, 0.1) is 0 Å². The minimum atomic E-state index is 0.0398. The summed E-state index contributed by atoms with van der Waals surface area (Å²) in [5.74, 6) is 0.421. The molecule has 0 saturated heterocycles. The van der Waals surface area contributed by atoms with E-state index >= 15 is 0 Å². The Kier molecular flexibility index (Phi) is 4.98. The molecule has 0 unspecified atom stereocenters. The van der Waals surface area contributed by atoms with Crippen LogP contribution in [0.25, 0.3) is 11.0 Å². The van der Waals surface area contributed by atoms with Crippen molar-refractivity contribution in [3.8, 4) is 0 Å². The van der Waals surface area contributed by atoms with Crippen LogP contribution in [-0.2, 0) is 18.3 Å². The standard InChI is InChI=1S/C18H19N3OS/c1-21-16-10-6-5-9-15(16)20-18(21)23-13-17(22)19-12-11-14-7-3-2-4-8-14/h2-10H,11-13H2,1H3,(H,19,22). The highest BCUT2D eigenvalue weighted by Gasteiger charge is 2.09. The van der Waals surface area contributed by atoms with Crippen molar-refractivity contribution in [2.75, 3.05) is 12.3 Å². The Morgan fingerprint density at radius 1 is 1.13 bits per heavy atom. The third-order valence-electron chi connectivity index (χ3n) is 3.66. The molecule has 0 aliphatic carbocycles. The molecule has 1 aromatic heterocycles. The number of nitrogens with zero attached hydrogens (tertiary/aromatic N) is 2. The number of para-hydroxylation sites is 2. The summed E-state index contributed by atoms with van der Waals surface area (Å²) >= 11 is 1.47. The monoisotopic (exact) mass is 325 g/mol. The predicted molar refractivity (Wildman–Crippen MR) is 94.6 cm³/mol. The van der Waals surface area contributed by atoms with Crippen molar-refractivity contribution >= 4 is 28.7 Å². The smallest absolute Gasteiger partial charge is 0.230 e. The van der Waals surface area contributed by atoms with Gasteiger partial charge in [0.1, 0.15) is 0 Å². The number of hydrogen-bond acceptors (Lipinski definition) is 3. The van der Waals surface area contributed by atoms with E-state index in [0.29, 0.717) is 12.3 Å². The van der Waals surface area contributed by atoms with E-state index in [4.69, 9.17) is 0 Å². The largest absolute Gasteiger partial charge is 0.355 e. The number of thioether (sulfide) groups is 1. The van der Waals surface area contributed by atoms with Gasteiger partial charge in [-0.3, -0.25) is 4.79 Å². The fourth-order valence-corrected chi connectivity index (χ4v) is 3.24. The first-order valence-corrected chi connectivity index (χ1v) is 8.57. The van der Waals surface area contributed by atoms with Crippen LogP contribution in [0.3, 0.4) is 0 Å². The fourth-order valence-electron chi connectivity index (χ4n) is 2.42. The average molecular weight is 325 g/mol. The summed E-state index contributed by atoms with van der Waals surface area (Å²) in [6.07, 6.45) is 0.851. The molecular weight excluding hydrogens is 306 g/mol. The normalized spacial score (nSPS) is 10.8. The van der Waals surface area contributed by atoms with Gasteiger partial charge in [0, 0.05) is 13.6 Å². The number of rotatable bonds is 6. The van der Waals surface area contributed by atoms with Gasteiger partial charge < -0.3 is 9.88 Å². The maximum Gasteiger partial charge on any atom is 0.230 e. The molecule has 0 saturated carbocycles. The SMILES string of the molecule is Cn1c(SCC(=O)NCCc2ccccc2)nc2ccccc21. The Morgan fingerprint density at radius 2 is 1.87 bits per heavy atom. The van der Waals surface area contributed by atoms with Crippen LogP contribution in [0.4, 0.5) is 0 Å². The number of fused-ring (bicyclic) bond motifs is 1. The zero-order valence-electron chi connectivity index (χ0n) is 13.0. The van der Waals surface area contributed by atoms with E-state index < -0.39 is 0 Å². The van der Waals surface area contributed by atoms with Crippen LogP contribution < -0.4 is 5.32 Å². The quantitative estimate of drug-likeness (QED) is 0.709. The molecule has 3 rings (SSSR count). The lowest BCUT2D eigenvalue weighted by atomic mass is 10.1. The van der Waals surface area contributed by atoms with E-state index in [1.165, 1.54) is 17.3 Å². The number of carbonyl (C=O) groups is 1. The van der Waals surface area contributed by atoms with Crippen molar-refractivity contribution < 1.29 is 4.79 Å². The first kappa shape index (κ1) is 15.6. The lowest BCUT2D eigenvalue weighted by molar-refractivity contribution is -0.118. The maximum absolute atomic E-state index is 12.0. The van der Waals surface area contributed by atoms with E-state index in [0.717, 1.165) is 22.6 Å². The maximum atomic E-state index is 12.0. The van der Waals surface area contributed by atoms with Crippen LogP contribution in [0.1, 0.15) is 5.56 Å². The highest BCUT2D eigenvalue weighted by atomic mass is 32.2. The molecule has 3 aromatic rings. The molecule has 1 heterocycles. The molecule has 118 valence electrons. The summed E-state index contributed by atoms with van der Waals surface area (Å²) < 4.78 is 2.03. The van der Waals surface area contributed by atoms with Gasteiger partial charge in [-0.25, -0.2) is 4.98 Å². The first-order valence-electron chi connectivity index (χ1n) is 7.59. The van der Waals surface area contributed by atoms with Crippen LogP contribution >= 0.6 is 11.8 Å². The van der Waals surface area contributed by atoms with Crippen molar-refractivity contribution in [2.24, 2.45) is 7.05 Å². The minimum absolute atomic E-state index is 0.0398. The second kappa shape index (κ2) is 7.33. The van der Waals surface area contributed by atoms with Gasteiger partial charge in [0.15, 0.2) is 5.16 Å². The predicted octanol–water partition coefficient (Wildman–Crippen LogP) is 3.02. The van der Waals surface area contributed by atoms with Gasteiger partial charge in [-0.1, -0.05) is 54.2 Å². The van der Waals surface area contributed by atoms with Gasteiger partial charge in [-0.05, 0) is 24.1 Å². The summed E-state index contributed by atoms with van der Waals surface area (Å²) in [7, 11) is 1.98. The van der Waals surface area contributed by atoms with Gasteiger partial charge in [0.2, 0.25) is 5.91 Å². The summed E-state index contributed by atoms with van der Waals surface area (Å²) in [6, 6.07) is 18.1. The van der Waals surface area contributed by atoms with Gasteiger partial charge >= 0.3 is 0 Å². The molecule has 0 aliphatic heterocycles. The van der Waals surface area contributed by atoms with Gasteiger partial charge in [-0.2, -0.15) is 0 Å². The van der Waals surface area contributed by atoms with Crippen molar-refractivity contribution in [3.63, 3.8) is 0 Å². The summed E-state index contributed by atoms with van der Waals surface area (Å²) in [6.45, 7) is 0.659. The number of imidazole rings is 1.